The van der Waals surface area contributed by atoms with Gasteiger partial charge in [0, 0.05) is 0 Å². The Morgan fingerprint density at radius 1 is 1.33 bits per heavy atom. The molecule has 0 saturated carbocycles. The van der Waals surface area contributed by atoms with Gasteiger partial charge in [0.05, 0.1) is 13.2 Å². The second-order valence-corrected chi connectivity index (χ2v) is 4.32. The van der Waals surface area contributed by atoms with Gasteiger partial charge in [0.1, 0.15) is 0 Å². The van der Waals surface area contributed by atoms with Crippen LogP contribution in [0.3, 0.4) is 0 Å². The van der Waals surface area contributed by atoms with E-state index in [1.165, 1.54) is 42.4 Å². The molecule has 0 bridgehead atoms. The maximum Gasteiger partial charge on any atom is 0.0574 e. The standard InChI is InChI=1S/C13H19NO/c1-10-7-8-11-5-3-4-6-13(14-15-2)12(11)9-10/h7-9,13-14H,3-6H2,1-2H3. The highest BCUT2D eigenvalue weighted by Crippen LogP contribution is 2.29. The van der Waals surface area contributed by atoms with E-state index in [0.717, 1.165) is 0 Å². The van der Waals surface area contributed by atoms with E-state index in [-0.39, 0.29) is 0 Å². The van der Waals surface area contributed by atoms with Crippen LogP contribution in [0.1, 0.15) is 42.0 Å². The van der Waals surface area contributed by atoms with Crippen molar-refractivity contribution in [2.24, 2.45) is 0 Å². The smallest absolute Gasteiger partial charge is 0.0574 e. The second-order valence-electron chi connectivity index (χ2n) is 4.32. The van der Waals surface area contributed by atoms with E-state index >= 15 is 0 Å². The van der Waals surface area contributed by atoms with Gasteiger partial charge in [-0.15, -0.1) is 0 Å². The summed E-state index contributed by atoms with van der Waals surface area (Å²) in [5, 5.41) is 0. The molecule has 0 radical (unpaired) electrons. The zero-order valence-electron chi connectivity index (χ0n) is 9.55. The fraction of sp³-hybridized carbons (Fsp3) is 0.538. The molecule has 1 aliphatic carbocycles. The molecule has 2 nitrogen and oxygen atoms in total. The molecule has 15 heavy (non-hydrogen) atoms. The first-order chi connectivity index (χ1) is 7.31. The van der Waals surface area contributed by atoms with Gasteiger partial charge in [0.25, 0.3) is 0 Å². The predicted molar refractivity (Wildman–Crippen MR) is 61.6 cm³/mol. The van der Waals surface area contributed by atoms with Crippen molar-refractivity contribution in [1.29, 1.82) is 0 Å². The topological polar surface area (TPSA) is 21.3 Å². The first-order valence-corrected chi connectivity index (χ1v) is 5.69. The average molecular weight is 205 g/mol. The van der Waals surface area contributed by atoms with Gasteiger partial charge in [-0.25, -0.2) is 0 Å². The Balaban J connectivity index is 2.33. The number of rotatable bonds is 2. The highest BCUT2D eigenvalue weighted by molar-refractivity contribution is 5.34. The summed E-state index contributed by atoms with van der Waals surface area (Å²) in [6, 6.07) is 7.12. The summed E-state index contributed by atoms with van der Waals surface area (Å²) in [6.45, 7) is 2.15. The van der Waals surface area contributed by atoms with Crippen LogP contribution in [0.4, 0.5) is 0 Å². The van der Waals surface area contributed by atoms with E-state index in [2.05, 4.69) is 30.6 Å². The number of benzene rings is 1. The summed E-state index contributed by atoms with van der Waals surface area (Å²) in [5.74, 6) is 0. The van der Waals surface area contributed by atoms with Crippen molar-refractivity contribution in [3.05, 3.63) is 34.9 Å². The van der Waals surface area contributed by atoms with E-state index in [0.29, 0.717) is 6.04 Å². The minimum Gasteiger partial charge on any atom is -0.305 e. The highest BCUT2D eigenvalue weighted by atomic mass is 16.6. The third-order valence-corrected chi connectivity index (χ3v) is 3.13. The minimum atomic E-state index is 0.368. The Morgan fingerprint density at radius 3 is 3.00 bits per heavy atom. The zero-order valence-corrected chi connectivity index (χ0v) is 9.55. The molecule has 0 spiro atoms. The molecular formula is C13H19NO. The summed E-state index contributed by atoms with van der Waals surface area (Å²) in [6.07, 6.45) is 4.94. The summed E-state index contributed by atoms with van der Waals surface area (Å²) in [4.78, 5) is 5.08. The Bertz CT molecular complexity index is 335. The normalized spacial score (nSPS) is 20.8. The van der Waals surface area contributed by atoms with E-state index in [9.17, 15) is 0 Å². The maximum absolute atomic E-state index is 5.08. The predicted octanol–water partition coefficient (Wildman–Crippen LogP) is 2.91. The van der Waals surface area contributed by atoms with Gasteiger partial charge in [-0.05, 0) is 37.3 Å². The molecule has 1 unspecified atom stereocenters. The molecule has 0 saturated heterocycles. The number of hydroxylamine groups is 1. The molecule has 1 aromatic rings. The Kier molecular flexibility index (Phi) is 3.39. The Hall–Kier alpha value is -0.860. The van der Waals surface area contributed by atoms with Gasteiger partial charge in [0.2, 0.25) is 0 Å². The lowest BCUT2D eigenvalue weighted by Gasteiger charge is -2.18. The maximum atomic E-state index is 5.08. The van der Waals surface area contributed by atoms with E-state index < -0.39 is 0 Å². The molecule has 0 fully saturated rings. The number of nitrogens with one attached hydrogen (secondary N) is 1. The van der Waals surface area contributed by atoms with E-state index in [4.69, 9.17) is 4.84 Å². The number of hydrogen-bond acceptors (Lipinski definition) is 2. The van der Waals surface area contributed by atoms with Crippen molar-refractivity contribution in [2.75, 3.05) is 7.11 Å². The third-order valence-electron chi connectivity index (χ3n) is 3.13. The minimum absolute atomic E-state index is 0.368. The Morgan fingerprint density at radius 2 is 2.20 bits per heavy atom. The number of fused-ring (bicyclic) bond motifs is 1. The van der Waals surface area contributed by atoms with Crippen LogP contribution in [-0.4, -0.2) is 7.11 Å². The number of aryl methyl sites for hydroxylation is 2. The van der Waals surface area contributed by atoms with Crippen LogP contribution in [0.25, 0.3) is 0 Å². The molecule has 82 valence electrons. The first kappa shape index (κ1) is 10.7. The molecule has 2 rings (SSSR count). The molecule has 1 atom stereocenters. The van der Waals surface area contributed by atoms with Crippen LogP contribution in [0.15, 0.2) is 18.2 Å². The quantitative estimate of drug-likeness (QED) is 0.592. The van der Waals surface area contributed by atoms with Gasteiger partial charge in [-0.3, -0.25) is 0 Å². The van der Waals surface area contributed by atoms with Gasteiger partial charge >= 0.3 is 0 Å². The van der Waals surface area contributed by atoms with Crippen LogP contribution in [0, 0.1) is 6.92 Å². The van der Waals surface area contributed by atoms with Crippen LogP contribution in [0.5, 0.6) is 0 Å². The summed E-state index contributed by atoms with van der Waals surface area (Å²) in [7, 11) is 1.69. The largest absolute Gasteiger partial charge is 0.305 e. The monoisotopic (exact) mass is 205 g/mol. The lowest BCUT2D eigenvalue weighted by Crippen LogP contribution is -2.20. The molecule has 0 aliphatic heterocycles. The molecule has 2 heteroatoms. The van der Waals surface area contributed by atoms with Crippen molar-refractivity contribution < 1.29 is 4.84 Å². The Labute approximate surface area is 91.6 Å². The molecule has 0 aromatic heterocycles. The summed E-state index contributed by atoms with van der Waals surface area (Å²) < 4.78 is 0. The summed E-state index contributed by atoms with van der Waals surface area (Å²) >= 11 is 0. The fourth-order valence-corrected chi connectivity index (χ4v) is 2.35. The average Bonchev–Trinajstić information content (AvgIpc) is 2.42. The molecule has 0 heterocycles. The van der Waals surface area contributed by atoms with Crippen LogP contribution in [0.2, 0.25) is 0 Å². The molecule has 1 N–H and O–H groups in total. The van der Waals surface area contributed by atoms with Gasteiger partial charge in [-0.1, -0.05) is 30.2 Å². The lowest BCUT2D eigenvalue weighted by molar-refractivity contribution is 0.0576. The fourth-order valence-electron chi connectivity index (χ4n) is 2.35. The first-order valence-electron chi connectivity index (χ1n) is 5.69. The highest BCUT2D eigenvalue weighted by Gasteiger charge is 2.18. The third kappa shape index (κ3) is 2.39. The van der Waals surface area contributed by atoms with E-state index in [1.807, 2.05) is 0 Å². The molecule has 0 amide bonds. The molecule has 1 aliphatic rings. The van der Waals surface area contributed by atoms with Crippen LogP contribution >= 0.6 is 0 Å². The van der Waals surface area contributed by atoms with Crippen molar-refractivity contribution >= 4 is 0 Å². The van der Waals surface area contributed by atoms with Crippen molar-refractivity contribution in [3.8, 4) is 0 Å². The van der Waals surface area contributed by atoms with Gasteiger partial charge < -0.3 is 4.84 Å². The van der Waals surface area contributed by atoms with Gasteiger partial charge in [0.15, 0.2) is 0 Å². The van der Waals surface area contributed by atoms with E-state index in [1.54, 1.807) is 7.11 Å². The van der Waals surface area contributed by atoms with Crippen molar-refractivity contribution in [1.82, 2.24) is 5.48 Å². The van der Waals surface area contributed by atoms with Crippen molar-refractivity contribution in [2.45, 2.75) is 38.6 Å². The second kappa shape index (κ2) is 4.77. The van der Waals surface area contributed by atoms with Crippen molar-refractivity contribution in [3.63, 3.8) is 0 Å². The van der Waals surface area contributed by atoms with Crippen LogP contribution < -0.4 is 5.48 Å². The molecule has 1 aromatic carbocycles. The number of hydrogen-bond donors (Lipinski definition) is 1. The molecular weight excluding hydrogens is 186 g/mol. The summed E-state index contributed by atoms with van der Waals surface area (Å²) in [5.41, 5.74) is 7.34. The van der Waals surface area contributed by atoms with Crippen LogP contribution in [-0.2, 0) is 11.3 Å². The zero-order chi connectivity index (χ0) is 10.7. The van der Waals surface area contributed by atoms with Gasteiger partial charge in [-0.2, -0.15) is 5.48 Å². The lowest BCUT2D eigenvalue weighted by atomic mass is 9.97. The SMILES string of the molecule is CONC1CCCCc2ccc(C)cc21.